The molecule has 0 radical (unpaired) electrons. The SMILES string of the molecule is CC(C)N1CCn2cnc(CN)c2C1. The molecule has 0 bridgehead atoms. The molecule has 0 amide bonds. The normalized spacial score (nSPS) is 17.4. The Morgan fingerprint density at radius 3 is 2.93 bits per heavy atom. The Balaban J connectivity index is 2.23. The number of aromatic nitrogens is 2. The molecule has 1 aromatic rings. The van der Waals surface area contributed by atoms with E-state index in [1.54, 1.807) is 0 Å². The van der Waals surface area contributed by atoms with Crippen molar-refractivity contribution in [3.8, 4) is 0 Å². The number of fused-ring (bicyclic) bond motifs is 1. The zero-order valence-corrected chi connectivity index (χ0v) is 8.90. The molecule has 0 fully saturated rings. The Bertz CT molecular complexity index is 302. The summed E-state index contributed by atoms with van der Waals surface area (Å²) in [6.45, 7) is 8.16. The zero-order chi connectivity index (χ0) is 10.1. The van der Waals surface area contributed by atoms with Crippen LogP contribution >= 0.6 is 0 Å². The summed E-state index contributed by atoms with van der Waals surface area (Å²) >= 11 is 0. The minimum Gasteiger partial charge on any atom is -0.332 e. The molecule has 4 nitrogen and oxygen atoms in total. The molecule has 0 atom stereocenters. The summed E-state index contributed by atoms with van der Waals surface area (Å²) in [5.41, 5.74) is 8.00. The number of hydrogen-bond acceptors (Lipinski definition) is 3. The van der Waals surface area contributed by atoms with Crippen molar-refractivity contribution >= 4 is 0 Å². The Labute approximate surface area is 84.7 Å². The van der Waals surface area contributed by atoms with Crippen LogP contribution in [-0.4, -0.2) is 27.0 Å². The first kappa shape index (κ1) is 9.68. The second kappa shape index (κ2) is 3.71. The fourth-order valence-electron chi connectivity index (χ4n) is 1.94. The van der Waals surface area contributed by atoms with Gasteiger partial charge in [0.2, 0.25) is 0 Å². The van der Waals surface area contributed by atoms with E-state index in [-0.39, 0.29) is 0 Å². The second-order valence-electron chi connectivity index (χ2n) is 4.10. The zero-order valence-electron chi connectivity index (χ0n) is 8.90. The Hall–Kier alpha value is -0.870. The van der Waals surface area contributed by atoms with Gasteiger partial charge in [0.1, 0.15) is 0 Å². The van der Waals surface area contributed by atoms with E-state index < -0.39 is 0 Å². The lowest BCUT2D eigenvalue weighted by atomic mass is 10.2. The van der Waals surface area contributed by atoms with Gasteiger partial charge in [-0.05, 0) is 13.8 Å². The van der Waals surface area contributed by atoms with Crippen molar-refractivity contribution in [1.29, 1.82) is 0 Å². The van der Waals surface area contributed by atoms with Crippen LogP contribution in [0.5, 0.6) is 0 Å². The second-order valence-corrected chi connectivity index (χ2v) is 4.10. The monoisotopic (exact) mass is 194 g/mol. The van der Waals surface area contributed by atoms with Gasteiger partial charge in [-0.2, -0.15) is 0 Å². The van der Waals surface area contributed by atoms with Gasteiger partial charge in [0.25, 0.3) is 0 Å². The summed E-state index contributed by atoms with van der Waals surface area (Å²) in [4.78, 5) is 6.78. The van der Waals surface area contributed by atoms with Crippen LogP contribution in [0, 0.1) is 0 Å². The molecule has 0 spiro atoms. The molecule has 0 unspecified atom stereocenters. The molecule has 0 aliphatic carbocycles. The molecule has 4 heteroatoms. The van der Waals surface area contributed by atoms with Crippen molar-refractivity contribution in [2.24, 2.45) is 5.73 Å². The van der Waals surface area contributed by atoms with E-state index in [1.165, 1.54) is 5.69 Å². The van der Waals surface area contributed by atoms with Crippen molar-refractivity contribution in [3.05, 3.63) is 17.7 Å². The van der Waals surface area contributed by atoms with Crippen molar-refractivity contribution in [3.63, 3.8) is 0 Å². The van der Waals surface area contributed by atoms with Gasteiger partial charge in [-0.15, -0.1) is 0 Å². The molecule has 1 aliphatic rings. The van der Waals surface area contributed by atoms with Crippen LogP contribution in [-0.2, 0) is 19.6 Å². The van der Waals surface area contributed by atoms with Crippen LogP contribution in [0.2, 0.25) is 0 Å². The van der Waals surface area contributed by atoms with Crippen LogP contribution < -0.4 is 5.73 Å². The van der Waals surface area contributed by atoms with Gasteiger partial charge in [0, 0.05) is 32.2 Å². The van der Waals surface area contributed by atoms with Crippen molar-refractivity contribution in [1.82, 2.24) is 14.5 Å². The smallest absolute Gasteiger partial charge is 0.0953 e. The van der Waals surface area contributed by atoms with Crippen LogP contribution in [0.25, 0.3) is 0 Å². The number of hydrogen-bond donors (Lipinski definition) is 1. The van der Waals surface area contributed by atoms with Crippen LogP contribution in [0.4, 0.5) is 0 Å². The van der Waals surface area contributed by atoms with Gasteiger partial charge in [-0.3, -0.25) is 4.90 Å². The third-order valence-electron chi connectivity index (χ3n) is 2.94. The molecular formula is C10H18N4. The average molecular weight is 194 g/mol. The maximum Gasteiger partial charge on any atom is 0.0953 e. The first-order chi connectivity index (χ1) is 6.72. The maximum atomic E-state index is 5.65. The summed E-state index contributed by atoms with van der Waals surface area (Å²) in [5, 5.41) is 0. The standard InChI is InChI=1S/C10H18N4/c1-8(2)13-3-4-14-7-12-9(5-11)10(14)6-13/h7-8H,3-6,11H2,1-2H3. The highest BCUT2D eigenvalue weighted by Crippen LogP contribution is 2.17. The van der Waals surface area contributed by atoms with Crippen LogP contribution in [0.15, 0.2) is 6.33 Å². The predicted molar refractivity (Wildman–Crippen MR) is 55.7 cm³/mol. The fourth-order valence-corrected chi connectivity index (χ4v) is 1.94. The van der Waals surface area contributed by atoms with Gasteiger partial charge in [0.15, 0.2) is 0 Å². The van der Waals surface area contributed by atoms with Gasteiger partial charge in [-0.25, -0.2) is 4.98 Å². The molecular weight excluding hydrogens is 176 g/mol. The largest absolute Gasteiger partial charge is 0.332 e. The maximum absolute atomic E-state index is 5.65. The summed E-state index contributed by atoms with van der Waals surface area (Å²) in [7, 11) is 0. The molecule has 2 rings (SSSR count). The number of nitrogens with two attached hydrogens (primary N) is 1. The van der Waals surface area contributed by atoms with E-state index in [0.29, 0.717) is 12.6 Å². The highest BCUT2D eigenvalue weighted by molar-refractivity contribution is 5.14. The molecule has 0 saturated heterocycles. The van der Waals surface area contributed by atoms with E-state index >= 15 is 0 Å². The lowest BCUT2D eigenvalue weighted by molar-refractivity contribution is 0.176. The van der Waals surface area contributed by atoms with Crippen molar-refractivity contribution in [2.45, 2.75) is 39.5 Å². The van der Waals surface area contributed by atoms with Gasteiger partial charge in [-0.1, -0.05) is 0 Å². The lowest BCUT2D eigenvalue weighted by Gasteiger charge is -2.31. The van der Waals surface area contributed by atoms with Crippen LogP contribution in [0.3, 0.4) is 0 Å². The van der Waals surface area contributed by atoms with E-state index in [0.717, 1.165) is 25.3 Å². The van der Waals surface area contributed by atoms with Crippen molar-refractivity contribution in [2.75, 3.05) is 6.54 Å². The van der Waals surface area contributed by atoms with E-state index in [4.69, 9.17) is 5.73 Å². The molecule has 1 aromatic heterocycles. The molecule has 0 saturated carbocycles. The molecule has 14 heavy (non-hydrogen) atoms. The third kappa shape index (κ3) is 1.55. The molecule has 2 heterocycles. The topological polar surface area (TPSA) is 47.1 Å². The molecule has 1 aliphatic heterocycles. The molecule has 2 N–H and O–H groups in total. The summed E-state index contributed by atoms with van der Waals surface area (Å²) in [5.74, 6) is 0. The van der Waals surface area contributed by atoms with E-state index in [1.807, 2.05) is 6.33 Å². The first-order valence-electron chi connectivity index (χ1n) is 5.19. The highest BCUT2D eigenvalue weighted by Gasteiger charge is 2.20. The highest BCUT2D eigenvalue weighted by atomic mass is 15.2. The third-order valence-corrected chi connectivity index (χ3v) is 2.94. The van der Waals surface area contributed by atoms with E-state index in [9.17, 15) is 0 Å². The van der Waals surface area contributed by atoms with E-state index in [2.05, 4.69) is 28.3 Å². The first-order valence-corrected chi connectivity index (χ1v) is 5.19. The molecule has 0 aromatic carbocycles. The average Bonchev–Trinajstić information content (AvgIpc) is 2.59. The Morgan fingerprint density at radius 1 is 1.50 bits per heavy atom. The van der Waals surface area contributed by atoms with Crippen LogP contribution in [0.1, 0.15) is 25.2 Å². The van der Waals surface area contributed by atoms with Gasteiger partial charge in [0.05, 0.1) is 17.7 Å². The van der Waals surface area contributed by atoms with Crippen molar-refractivity contribution < 1.29 is 0 Å². The number of imidazole rings is 1. The summed E-state index contributed by atoms with van der Waals surface area (Å²) in [6, 6.07) is 0.601. The number of rotatable bonds is 2. The van der Waals surface area contributed by atoms with Gasteiger partial charge < -0.3 is 10.3 Å². The van der Waals surface area contributed by atoms with Gasteiger partial charge >= 0.3 is 0 Å². The lowest BCUT2D eigenvalue weighted by Crippen LogP contribution is -2.38. The number of nitrogens with zero attached hydrogens (tertiary/aromatic N) is 3. The predicted octanol–water partition coefficient (Wildman–Crippen LogP) is 0.566. The Kier molecular flexibility index (Phi) is 2.56. The fraction of sp³-hybridized carbons (Fsp3) is 0.700. The molecule has 78 valence electrons. The summed E-state index contributed by atoms with van der Waals surface area (Å²) in [6.07, 6.45) is 1.91. The Morgan fingerprint density at radius 2 is 2.29 bits per heavy atom. The quantitative estimate of drug-likeness (QED) is 0.748. The minimum atomic E-state index is 0.550. The summed E-state index contributed by atoms with van der Waals surface area (Å²) < 4.78 is 2.22. The minimum absolute atomic E-state index is 0.550.